The highest BCUT2D eigenvalue weighted by molar-refractivity contribution is 5.77. The van der Waals surface area contributed by atoms with E-state index in [4.69, 9.17) is 9.72 Å². The van der Waals surface area contributed by atoms with Gasteiger partial charge in [-0.3, -0.25) is 9.78 Å². The fourth-order valence-corrected chi connectivity index (χ4v) is 5.18. The molecule has 1 atom stereocenters. The van der Waals surface area contributed by atoms with Crippen LogP contribution in [-0.4, -0.2) is 60.2 Å². The number of aromatic nitrogens is 2. The number of carbonyl (C=O) groups excluding carboxylic acids is 1. The van der Waals surface area contributed by atoms with Gasteiger partial charge in [-0.15, -0.1) is 0 Å². The van der Waals surface area contributed by atoms with E-state index < -0.39 is 0 Å². The number of pyridine rings is 2. The lowest BCUT2D eigenvalue weighted by Crippen LogP contribution is -2.56. The molecule has 3 heterocycles. The van der Waals surface area contributed by atoms with Crippen molar-refractivity contribution < 1.29 is 9.53 Å². The van der Waals surface area contributed by atoms with Gasteiger partial charge in [0.25, 0.3) is 0 Å². The van der Waals surface area contributed by atoms with Gasteiger partial charge in [0.2, 0.25) is 5.91 Å². The molecule has 35 heavy (non-hydrogen) atoms. The molecule has 0 spiro atoms. The van der Waals surface area contributed by atoms with Crippen molar-refractivity contribution in [1.29, 1.82) is 5.26 Å². The van der Waals surface area contributed by atoms with Crippen molar-refractivity contribution in [2.24, 2.45) is 5.92 Å². The number of rotatable bonds is 9. The van der Waals surface area contributed by atoms with E-state index in [1.807, 2.05) is 18.2 Å². The molecule has 2 aliphatic carbocycles. The minimum Gasteiger partial charge on any atom is -0.385 e. The number of amides is 1. The minimum absolute atomic E-state index is 0.187. The van der Waals surface area contributed by atoms with Gasteiger partial charge in [0.15, 0.2) is 0 Å². The molecule has 0 N–H and O–H groups in total. The smallest absolute Gasteiger partial charge is 0.223 e. The SMILES string of the molecule is C=Cc1cc(-c2cc(C#N)c(N3CCN(C(=O)CCCOC)[C@H](C4CC4)C3)nc2C2CC2)ccn1. The molecule has 1 saturated heterocycles. The Hall–Kier alpha value is -3.24. The van der Waals surface area contributed by atoms with Crippen molar-refractivity contribution in [2.45, 2.75) is 50.5 Å². The summed E-state index contributed by atoms with van der Waals surface area (Å²) in [7, 11) is 1.67. The van der Waals surface area contributed by atoms with Gasteiger partial charge >= 0.3 is 0 Å². The Morgan fingerprint density at radius 3 is 2.80 bits per heavy atom. The van der Waals surface area contributed by atoms with Crippen molar-refractivity contribution in [1.82, 2.24) is 14.9 Å². The molecule has 1 amide bonds. The zero-order valence-electron chi connectivity index (χ0n) is 20.4. The number of hydrogen-bond acceptors (Lipinski definition) is 6. The summed E-state index contributed by atoms with van der Waals surface area (Å²) in [5, 5.41) is 10.1. The summed E-state index contributed by atoms with van der Waals surface area (Å²) < 4.78 is 5.13. The number of methoxy groups -OCH3 is 1. The lowest BCUT2D eigenvalue weighted by Gasteiger charge is -2.42. The average molecular weight is 472 g/mol. The fourth-order valence-electron chi connectivity index (χ4n) is 5.18. The summed E-state index contributed by atoms with van der Waals surface area (Å²) in [6, 6.07) is 8.59. The van der Waals surface area contributed by atoms with Crippen molar-refractivity contribution in [3.63, 3.8) is 0 Å². The molecule has 2 aromatic rings. The van der Waals surface area contributed by atoms with Crippen LogP contribution < -0.4 is 4.90 Å². The molecule has 2 saturated carbocycles. The fraction of sp³-hybridized carbons (Fsp3) is 0.500. The molecule has 2 aromatic heterocycles. The van der Waals surface area contributed by atoms with Gasteiger partial charge in [0, 0.05) is 57.4 Å². The predicted molar refractivity (Wildman–Crippen MR) is 136 cm³/mol. The number of nitrogens with zero attached hydrogens (tertiary/aromatic N) is 5. The summed E-state index contributed by atoms with van der Waals surface area (Å²) in [5.41, 5.74) is 4.51. The van der Waals surface area contributed by atoms with Crippen LogP contribution in [-0.2, 0) is 9.53 Å². The van der Waals surface area contributed by atoms with E-state index in [9.17, 15) is 10.1 Å². The number of ether oxygens (including phenoxy) is 1. The first-order valence-electron chi connectivity index (χ1n) is 12.7. The van der Waals surface area contributed by atoms with E-state index in [0.717, 1.165) is 54.1 Å². The van der Waals surface area contributed by atoms with E-state index in [0.29, 0.717) is 43.5 Å². The molecule has 0 bridgehead atoms. The van der Waals surface area contributed by atoms with Crippen LogP contribution >= 0.6 is 0 Å². The Morgan fingerprint density at radius 2 is 2.11 bits per heavy atom. The average Bonchev–Trinajstić information content (AvgIpc) is 3.81. The number of hydrogen-bond donors (Lipinski definition) is 0. The molecule has 0 aromatic carbocycles. The molecule has 7 nitrogen and oxygen atoms in total. The first-order chi connectivity index (χ1) is 17.1. The summed E-state index contributed by atoms with van der Waals surface area (Å²) in [6.07, 6.45) is 9.38. The molecule has 7 heteroatoms. The molecule has 0 radical (unpaired) electrons. The van der Waals surface area contributed by atoms with Crippen LogP contribution in [0.3, 0.4) is 0 Å². The second-order valence-corrected chi connectivity index (χ2v) is 9.89. The molecule has 182 valence electrons. The van der Waals surface area contributed by atoms with E-state index in [2.05, 4.69) is 27.4 Å². The highest BCUT2D eigenvalue weighted by Gasteiger charge is 2.41. The Morgan fingerprint density at radius 1 is 1.29 bits per heavy atom. The summed E-state index contributed by atoms with van der Waals surface area (Å²) in [5.74, 6) is 1.97. The van der Waals surface area contributed by atoms with Crippen LogP contribution in [0.25, 0.3) is 17.2 Å². The minimum atomic E-state index is 0.187. The van der Waals surface area contributed by atoms with Gasteiger partial charge < -0.3 is 14.5 Å². The zero-order chi connectivity index (χ0) is 24.4. The number of carbonyl (C=O) groups is 1. The van der Waals surface area contributed by atoms with E-state index in [1.165, 1.54) is 12.8 Å². The Balaban J connectivity index is 1.44. The molecular weight excluding hydrogens is 438 g/mol. The van der Waals surface area contributed by atoms with Crippen LogP contribution in [0, 0.1) is 17.2 Å². The van der Waals surface area contributed by atoms with E-state index in [-0.39, 0.29) is 11.9 Å². The highest BCUT2D eigenvalue weighted by Crippen LogP contribution is 2.45. The molecular formula is C28H33N5O2. The predicted octanol–water partition coefficient (Wildman–Crippen LogP) is 4.39. The van der Waals surface area contributed by atoms with Crippen LogP contribution in [0.1, 0.15) is 61.4 Å². The van der Waals surface area contributed by atoms with Crippen molar-refractivity contribution in [2.75, 3.05) is 38.3 Å². The lowest BCUT2D eigenvalue weighted by atomic mass is 9.98. The largest absolute Gasteiger partial charge is 0.385 e. The molecule has 3 aliphatic rings. The summed E-state index contributed by atoms with van der Waals surface area (Å²) in [4.78, 5) is 26.8. The Kier molecular flexibility index (Phi) is 6.83. The summed E-state index contributed by atoms with van der Waals surface area (Å²) in [6.45, 7) is 6.55. The standard InChI is InChI=1S/C28H33N5O2/c1-3-23-15-21(10-11-30-23)24-16-22(17-29)28(31-27(24)20-8-9-20)32-12-13-33(25(18-32)19-6-7-19)26(34)5-4-14-35-2/h3,10-11,15-16,19-20,25H,1,4-9,12-14,18H2,2H3/t25-/m0/s1. The van der Waals surface area contributed by atoms with Crippen LogP contribution in [0.4, 0.5) is 5.82 Å². The van der Waals surface area contributed by atoms with E-state index >= 15 is 0 Å². The third kappa shape index (κ3) is 5.08. The maximum atomic E-state index is 13.0. The number of anilines is 1. The monoisotopic (exact) mass is 471 g/mol. The molecule has 0 unspecified atom stereocenters. The van der Waals surface area contributed by atoms with Gasteiger partial charge in [0.1, 0.15) is 11.9 Å². The lowest BCUT2D eigenvalue weighted by molar-refractivity contribution is -0.134. The third-order valence-electron chi connectivity index (χ3n) is 7.36. The normalized spacial score (nSPS) is 19.9. The third-order valence-corrected chi connectivity index (χ3v) is 7.36. The van der Waals surface area contributed by atoms with Crippen LogP contribution in [0.5, 0.6) is 0 Å². The maximum Gasteiger partial charge on any atom is 0.223 e. The van der Waals surface area contributed by atoms with Crippen molar-refractivity contribution >= 4 is 17.8 Å². The second-order valence-electron chi connectivity index (χ2n) is 9.89. The van der Waals surface area contributed by atoms with Crippen LogP contribution in [0.15, 0.2) is 31.0 Å². The Bertz CT molecular complexity index is 1150. The van der Waals surface area contributed by atoms with Gasteiger partial charge in [-0.1, -0.05) is 6.58 Å². The number of nitriles is 1. The number of piperazine rings is 1. The Labute approximate surface area is 207 Å². The van der Waals surface area contributed by atoms with E-state index in [1.54, 1.807) is 19.4 Å². The van der Waals surface area contributed by atoms with Crippen LogP contribution in [0.2, 0.25) is 0 Å². The van der Waals surface area contributed by atoms with Crippen molar-refractivity contribution in [3.05, 3.63) is 47.9 Å². The van der Waals surface area contributed by atoms with Crippen molar-refractivity contribution in [3.8, 4) is 17.2 Å². The van der Waals surface area contributed by atoms with Gasteiger partial charge in [-0.05, 0) is 67.9 Å². The zero-order valence-corrected chi connectivity index (χ0v) is 20.4. The molecule has 5 rings (SSSR count). The maximum absolute atomic E-state index is 13.0. The van der Waals surface area contributed by atoms with Gasteiger partial charge in [0.05, 0.1) is 23.0 Å². The van der Waals surface area contributed by atoms with Gasteiger partial charge in [-0.2, -0.15) is 5.26 Å². The molecule has 3 fully saturated rings. The first-order valence-corrected chi connectivity index (χ1v) is 12.7. The summed E-state index contributed by atoms with van der Waals surface area (Å²) >= 11 is 0. The molecule has 1 aliphatic heterocycles. The van der Waals surface area contributed by atoms with Gasteiger partial charge in [-0.25, -0.2) is 4.98 Å². The first kappa shape index (κ1) is 23.5. The quantitative estimate of drug-likeness (QED) is 0.505. The highest BCUT2D eigenvalue weighted by atomic mass is 16.5. The second kappa shape index (κ2) is 10.2. The topological polar surface area (TPSA) is 82.4 Å².